The van der Waals surface area contributed by atoms with Crippen LogP contribution in [0.4, 0.5) is 9.52 Å². The highest BCUT2D eigenvalue weighted by Crippen LogP contribution is 2.28. The number of thioether (sulfide) groups is 1. The van der Waals surface area contributed by atoms with Crippen LogP contribution in [0.25, 0.3) is 10.2 Å². The molecule has 3 rings (SSSR count). The first kappa shape index (κ1) is 15.7. The van der Waals surface area contributed by atoms with Crippen molar-refractivity contribution < 1.29 is 9.18 Å². The molecule has 0 saturated carbocycles. The number of fused-ring (bicyclic) bond motifs is 1. The van der Waals surface area contributed by atoms with Gasteiger partial charge in [-0.05, 0) is 42.7 Å². The number of thiazole rings is 1. The van der Waals surface area contributed by atoms with Crippen LogP contribution in [0.2, 0.25) is 0 Å². The molecule has 6 heteroatoms. The van der Waals surface area contributed by atoms with Gasteiger partial charge in [0.05, 0.1) is 15.2 Å². The lowest BCUT2D eigenvalue weighted by Gasteiger charge is -2.04. The van der Waals surface area contributed by atoms with Gasteiger partial charge in [0.25, 0.3) is 0 Å². The van der Waals surface area contributed by atoms with E-state index in [-0.39, 0.29) is 11.6 Å². The number of hydrogen-bond acceptors (Lipinski definition) is 5. The Labute approximate surface area is 141 Å². The van der Waals surface area contributed by atoms with Gasteiger partial charge in [-0.15, -0.1) is 11.8 Å². The van der Waals surface area contributed by atoms with Crippen molar-refractivity contribution in [1.82, 2.24) is 4.98 Å². The zero-order valence-corrected chi connectivity index (χ0v) is 13.9. The van der Waals surface area contributed by atoms with Crippen molar-refractivity contribution in [2.45, 2.75) is 0 Å². The maximum absolute atomic E-state index is 12.9. The second-order valence-electron chi connectivity index (χ2n) is 4.70. The van der Waals surface area contributed by atoms with Gasteiger partial charge in [-0.1, -0.05) is 23.5 Å². The SMILES string of the molecule is CS/C(=C/C(=O)c1ccc(F)cc1)Nc1nc2ccccc2s1. The van der Waals surface area contributed by atoms with E-state index < -0.39 is 0 Å². The number of rotatable bonds is 5. The number of carbonyl (C=O) groups is 1. The van der Waals surface area contributed by atoms with Gasteiger partial charge in [0, 0.05) is 11.6 Å². The van der Waals surface area contributed by atoms with E-state index in [1.807, 2.05) is 30.5 Å². The van der Waals surface area contributed by atoms with Gasteiger partial charge in [-0.2, -0.15) is 0 Å². The number of nitrogens with one attached hydrogen (secondary N) is 1. The second-order valence-corrected chi connectivity index (χ2v) is 6.57. The van der Waals surface area contributed by atoms with Crippen LogP contribution in [0.3, 0.4) is 0 Å². The lowest BCUT2D eigenvalue weighted by atomic mass is 10.1. The number of anilines is 1. The van der Waals surface area contributed by atoms with Crippen molar-refractivity contribution in [1.29, 1.82) is 0 Å². The quantitative estimate of drug-likeness (QED) is 0.526. The van der Waals surface area contributed by atoms with E-state index in [4.69, 9.17) is 0 Å². The maximum atomic E-state index is 12.9. The lowest BCUT2D eigenvalue weighted by Crippen LogP contribution is -2.01. The van der Waals surface area contributed by atoms with Crippen molar-refractivity contribution >= 4 is 44.2 Å². The number of benzene rings is 2. The maximum Gasteiger partial charge on any atom is 0.188 e. The summed E-state index contributed by atoms with van der Waals surface area (Å²) in [7, 11) is 0. The molecule has 0 aliphatic carbocycles. The first-order chi connectivity index (χ1) is 11.2. The zero-order valence-electron chi connectivity index (χ0n) is 12.2. The van der Waals surface area contributed by atoms with Crippen LogP contribution in [0.15, 0.2) is 59.6 Å². The van der Waals surface area contributed by atoms with Crippen molar-refractivity contribution in [2.24, 2.45) is 0 Å². The number of carbonyl (C=O) groups excluding carboxylic acids is 1. The van der Waals surface area contributed by atoms with Crippen LogP contribution in [-0.2, 0) is 0 Å². The smallest absolute Gasteiger partial charge is 0.188 e. The fourth-order valence-corrected chi connectivity index (χ4v) is 3.36. The molecule has 116 valence electrons. The zero-order chi connectivity index (χ0) is 16.2. The summed E-state index contributed by atoms with van der Waals surface area (Å²) in [6.45, 7) is 0. The second kappa shape index (κ2) is 6.93. The first-order valence-electron chi connectivity index (χ1n) is 6.84. The van der Waals surface area contributed by atoms with Gasteiger partial charge in [0.15, 0.2) is 10.9 Å². The summed E-state index contributed by atoms with van der Waals surface area (Å²) < 4.78 is 14.0. The molecule has 0 aliphatic heterocycles. The van der Waals surface area contributed by atoms with E-state index in [0.29, 0.717) is 10.6 Å². The predicted octanol–water partition coefficient (Wildman–Crippen LogP) is 4.93. The molecular formula is C17H13FN2OS2. The molecule has 1 heterocycles. The average Bonchev–Trinajstić information content (AvgIpc) is 2.97. The molecular weight excluding hydrogens is 331 g/mol. The average molecular weight is 344 g/mol. The fourth-order valence-electron chi connectivity index (χ4n) is 1.99. The Kier molecular flexibility index (Phi) is 4.73. The van der Waals surface area contributed by atoms with Crippen LogP contribution < -0.4 is 5.32 Å². The highest BCUT2D eigenvalue weighted by Gasteiger charge is 2.08. The van der Waals surface area contributed by atoms with Crippen molar-refractivity contribution in [3.05, 3.63) is 71.0 Å². The predicted molar refractivity (Wildman–Crippen MR) is 95.6 cm³/mol. The third-order valence-corrected chi connectivity index (χ3v) is 4.75. The highest BCUT2D eigenvalue weighted by molar-refractivity contribution is 8.02. The number of nitrogens with zero attached hydrogens (tertiary/aromatic N) is 1. The van der Waals surface area contributed by atoms with Crippen LogP contribution in [-0.4, -0.2) is 17.0 Å². The summed E-state index contributed by atoms with van der Waals surface area (Å²) in [5, 5.41) is 4.59. The Morgan fingerprint density at radius 2 is 1.96 bits per heavy atom. The molecule has 0 aliphatic rings. The highest BCUT2D eigenvalue weighted by atomic mass is 32.2. The molecule has 23 heavy (non-hydrogen) atoms. The summed E-state index contributed by atoms with van der Waals surface area (Å²) in [6, 6.07) is 13.4. The molecule has 1 aromatic heterocycles. The van der Waals surface area contributed by atoms with Gasteiger partial charge < -0.3 is 5.32 Å². The number of ketones is 1. The Hall–Kier alpha value is -2.18. The number of halogens is 1. The van der Waals surface area contributed by atoms with Crippen LogP contribution in [0.1, 0.15) is 10.4 Å². The molecule has 1 N–H and O–H groups in total. The molecule has 0 fully saturated rings. The van der Waals surface area contributed by atoms with Gasteiger partial charge >= 0.3 is 0 Å². The summed E-state index contributed by atoms with van der Waals surface area (Å²) in [5.74, 6) is -0.536. The van der Waals surface area contributed by atoms with Crippen LogP contribution in [0.5, 0.6) is 0 Å². The fraction of sp³-hybridized carbons (Fsp3) is 0.0588. The summed E-state index contributed by atoms with van der Waals surface area (Å²) in [4.78, 5) is 16.7. The standard InChI is InChI=1S/C17H13FN2OS2/c1-22-16(10-14(21)11-6-8-12(18)9-7-11)20-17-19-13-4-2-3-5-15(13)23-17/h2-10H,1H3,(H,19,20)/b16-10+. The minimum absolute atomic E-state index is 0.178. The molecule has 2 aromatic carbocycles. The van der Waals surface area contributed by atoms with E-state index in [1.165, 1.54) is 53.4 Å². The topological polar surface area (TPSA) is 42.0 Å². The molecule has 0 bridgehead atoms. The summed E-state index contributed by atoms with van der Waals surface area (Å²) in [6.07, 6.45) is 3.38. The molecule has 0 radical (unpaired) electrons. The number of aromatic nitrogens is 1. The Morgan fingerprint density at radius 3 is 2.65 bits per heavy atom. The van der Waals surface area contributed by atoms with Crippen LogP contribution >= 0.6 is 23.1 Å². The normalized spacial score (nSPS) is 11.7. The summed E-state index contributed by atoms with van der Waals surface area (Å²) >= 11 is 2.95. The Balaban J connectivity index is 1.81. The van der Waals surface area contributed by atoms with Crippen LogP contribution in [0, 0.1) is 5.82 Å². The molecule has 0 saturated heterocycles. The molecule has 3 aromatic rings. The number of para-hydroxylation sites is 1. The van der Waals surface area contributed by atoms with E-state index in [2.05, 4.69) is 10.3 Å². The summed E-state index contributed by atoms with van der Waals surface area (Å²) in [5.41, 5.74) is 1.37. The number of hydrogen-bond donors (Lipinski definition) is 1. The van der Waals surface area contributed by atoms with Gasteiger partial charge in [-0.3, -0.25) is 4.79 Å². The minimum Gasteiger partial charge on any atom is -0.326 e. The third kappa shape index (κ3) is 3.78. The van der Waals surface area contributed by atoms with Gasteiger partial charge in [-0.25, -0.2) is 9.37 Å². The lowest BCUT2D eigenvalue weighted by molar-refractivity contribution is 0.104. The first-order valence-corrected chi connectivity index (χ1v) is 8.88. The Bertz CT molecular complexity index is 839. The van der Waals surface area contributed by atoms with Gasteiger partial charge in [0.2, 0.25) is 0 Å². The van der Waals surface area contributed by atoms with Crippen molar-refractivity contribution in [2.75, 3.05) is 11.6 Å². The molecule has 3 nitrogen and oxygen atoms in total. The van der Waals surface area contributed by atoms with E-state index in [0.717, 1.165) is 15.3 Å². The molecule has 0 amide bonds. The third-order valence-electron chi connectivity index (χ3n) is 3.13. The monoisotopic (exact) mass is 344 g/mol. The van der Waals surface area contributed by atoms with E-state index in [1.54, 1.807) is 0 Å². The van der Waals surface area contributed by atoms with E-state index in [9.17, 15) is 9.18 Å². The van der Waals surface area contributed by atoms with Gasteiger partial charge in [0.1, 0.15) is 5.82 Å². The molecule has 0 unspecified atom stereocenters. The van der Waals surface area contributed by atoms with Crippen molar-refractivity contribution in [3.8, 4) is 0 Å². The minimum atomic E-state index is -0.358. The molecule has 0 spiro atoms. The Morgan fingerprint density at radius 1 is 1.22 bits per heavy atom. The van der Waals surface area contributed by atoms with E-state index >= 15 is 0 Å². The number of allylic oxidation sites excluding steroid dienone is 1. The largest absolute Gasteiger partial charge is 0.326 e. The molecule has 0 atom stereocenters. The van der Waals surface area contributed by atoms with Crippen molar-refractivity contribution in [3.63, 3.8) is 0 Å².